The van der Waals surface area contributed by atoms with Crippen molar-refractivity contribution in [1.82, 2.24) is 9.47 Å². The molecule has 0 saturated carbocycles. The molecule has 1 aliphatic heterocycles. The normalized spacial score (nSPS) is 16.6. The molecule has 0 radical (unpaired) electrons. The Balaban J connectivity index is 1.52. The van der Waals surface area contributed by atoms with Gasteiger partial charge in [-0.3, -0.25) is 9.59 Å². The summed E-state index contributed by atoms with van der Waals surface area (Å²) in [6.45, 7) is 0.427. The molecule has 1 saturated heterocycles. The number of thioether (sulfide) groups is 1. The van der Waals surface area contributed by atoms with Crippen LogP contribution >= 0.6 is 11.8 Å². The van der Waals surface area contributed by atoms with E-state index in [9.17, 15) is 14.4 Å². The van der Waals surface area contributed by atoms with Crippen LogP contribution in [0.5, 0.6) is 0 Å². The Labute approximate surface area is 161 Å². The van der Waals surface area contributed by atoms with Gasteiger partial charge in [-0.25, -0.2) is 4.79 Å². The largest absolute Gasteiger partial charge is 0.468 e. The van der Waals surface area contributed by atoms with Gasteiger partial charge in [-0.1, -0.05) is 0 Å². The van der Waals surface area contributed by atoms with Crippen LogP contribution in [0.15, 0.2) is 48.8 Å². The summed E-state index contributed by atoms with van der Waals surface area (Å²) in [6.07, 6.45) is 3.81. The number of nitrogens with zero attached hydrogens (tertiary/aromatic N) is 2. The molecular formula is C19H20N2O5S. The van der Waals surface area contributed by atoms with Crippen molar-refractivity contribution in [2.24, 2.45) is 0 Å². The van der Waals surface area contributed by atoms with Gasteiger partial charge in [0.25, 0.3) is 5.91 Å². The monoisotopic (exact) mass is 388 g/mol. The Kier molecular flexibility index (Phi) is 6.18. The zero-order chi connectivity index (χ0) is 19.2. The molecule has 1 aliphatic rings. The number of carbonyl (C=O) groups excluding carboxylic acids is 3. The smallest absolute Gasteiger partial charge is 0.338 e. The van der Waals surface area contributed by atoms with E-state index in [1.165, 1.54) is 23.8 Å². The lowest BCUT2D eigenvalue weighted by atomic mass is 10.2. The molecule has 7 nitrogen and oxygen atoms in total. The summed E-state index contributed by atoms with van der Waals surface area (Å²) < 4.78 is 11.8. The highest BCUT2D eigenvalue weighted by atomic mass is 32.2. The van der Waals surface area contributed by atoms with Crippen LogP contribution in [0, 0.1) is 0 Å². The highest BCUT2D eigenvalue weighted by Gasteiger charge is 2.30. The van der Waals surface area contributed by atoms with Crippen LogP contribution in [-0.4, -0.2) is 65.1 Å². The summed E-state index contributed by atoms with van der Waals surface area (Å²) in [5, 5.41) is -0.398. The van der Waals surface area contributed by atoms with E-state index < -0.39 is 11.2 Å². The number of methoxy groups -OCH3 is 1. The van der Waals surface area contributed by atoms with E-state index in [0.717, 1.165) is 5.69 Å². The first kappa shape index (κ1) is 19.0. The second-order valence-electron chi connectivity index (χ2n) is 5.94. The standard InChI is InChI=1S/C19H20N2O5S/c1-25-19(24)16-12-21(10-11-27-16)17(22)13-26-18(23)14-4-6-15(7-5-14)20-8-2-3-9-20/h2-9,16H,10-13H2,1H3/t16-/m0/s1. The number of hydrogen-bond donors (Lipinski definition) is 0. The van der Waals surface area contributed by atoms with Gasteiger partial charge in [0, 0.05) is 36.9 Å². The van der Waals surface area contributed by atoms with Gasteiger partial charge in [0.1, 0.15) is 5.25 Å². The number of hydrogen-bond acceptors (Lipinski definition) is 6. The quantitative estimate of drug-likeness (QED) is 0.727. The number of amides is 1. The minimum Gasteiger partial charge on any atom is -0.468 e. The van der Waals surface area contributed by atoms with E-state index in [1.54, 1.807) is 24.3 Å². The molecule has 0 N–H and O–H groups in total. The Bertz CT molecular complexity index is 804. The average Bonchev–Trinajstić information content (AvgIpc) is 3.26. The fourth-order valence-electron chi connectivity index (χ4n) is 2.73. The average molecular weight is 388 g/mol. The molecule has 0 spiro atoms. The van der Waals surface area contributed by atoms with Gasteiger partial charge >= 0.3 is 11.9 Å². The van der Waals surface area contributed by atoms with Crippen LogP contribution in [0.3, 0.4) is 0 Å². The zero-order valence-electron chi connectivity index (χ0n) is 14.9. The van der Waals surface area contributed by atoms with Crippen molar-refractivity contribution in [3.05, 3.63) is 54.4 Å². The predicted molar refractivity (Wildman–Crippen MR) is 101 cm³/mol. The summed E-state index contributed by atoms with van der Waals surface area (Å²) in [6, 6.07) is 10.8. The molecule has 0 aliphatic carbocycles. The van der Waals surface area contributed by atoms with E-state index in [1.807, 2.05) is 29.1 Å². The van der Waals surface area contributed by atoms with Gasteiger partial charge < -0.3 is 18.9 Å². The van der Waals surface area contributed by atoms with Crippen molar-refractivity contribution in [2.75, 3.05) is 32.6 Å². The molecular weight excluding hydrogens is 368 g/mol. The summed E-state index contributed by atoms with van der Waals surface area (Å²) in [4.78, 5) is 37.6. The molecule has 0 unspecified atom stereocenters. The summed E-state index contributed by atoms with van der Waals surface area (Å²) in [5.74, 6) is -0.586. The van der Waals surface area contributed by atoms with E-state index in [0.29, 0.717) is 17.9 Å². The number of carbonyl (C=O) groups is 3. The molecule has 142 valence electrons. The number of ether oxygens (including phenoxy) is 2. The second-order valence-corrected chi connectivity index (χ2v) is 7.25. The molecule has 0 bridgehead atoms. The number of rotatable bonds is 5. The Morgan fingerprint density at radius 1 is 1.15 bits per heavy atom. The molecule has 27 heavy (non-hydrogen) atoms. The molecule has 1 aromatic carbocycles. The van der Waals surface area contributed by atoms with E-state index in [4.69, 9.17) is 9.47 Å². The van der Waals surface area contributed by atoms with Crippen LogP contribution in [0.4, 0.5) is 0 Å². The van der Waals surface area contributed by atoms with E-state index in [2.05, 4.69) is 0 Å². The van der Waals surface area contributed by atoms with E-state index >= 15 is 0 Å². The third-order valence-electron chi connectivity index (χ3n) is 4.22. The predicted octanol–water partition coefficient (Wildman–Crippen LogP) is 1.75. The molecule has 1 atom stereocenters. The summed E-state index contributed by atoms with van der Waals surface area (Å²) in [5.41, 5.74) is 1.30. The summed E-state index contributed by atoms with van der Waals surface area (Å²) >= 11 is 1.46. The first-order valence-electron chi connectivity index (χ1n) is 8.46. The maximum atomic E-state index is 12.3. The van der Waals surface area contributed by atoms with Crippen molar-refractivity contribution in [3.63, 3.8) is 0 Å². The van der Waals surface area contributed by atoms with Gasteiger partial charge in [-0.15, -0.1) is 11.8 Å². The lowest BCUT2D eigenvalue weighted by molar-refractivity contribution is -0.141. The number of benzene rings is 1. The Hall–Kier alpha value is -2.74. The third-order valence-corrected chi connectivity index (χ3v) is 5.38. The van der Waals surface area contributed by atoms with Gasteiger partial charge in [-0.05, 0) is 36.4 Å². The Morgan fingerprint density at radius 3 is 2.52 bits per heavy atom. The first-order valence-corrected chi connectivity index (χ1v) is 9.51. The van der Waals surface area contributed by atoms with Crippen LogP contribution in [0.1, 0.15) is 10.4 Å². The molecule has 3 rings (SSSR count). The van der Waals surface area contributed by atoms with Crippen molar-refractivity contribution < 1.29 is 23.9 Å². The molecule has 1 aromatic heterocycles. The van der Waals surface area contributed by atoms with Gasteiger partial charge in [0.05, 0.1) is 12.7 Å². The molecule has 1 amide bonds. The highest BCUT2D eigenvalue weighted by Crippen LogP contribution is 2.20. The summed E-state index contributed by atoms with van der Waals surface area (Å²) in [7, 11) is 1.33. The topological polar surface area (TPSA) is 77.8 Å². The lowest BCUT2D eigenvalue weighted by Gasteiger charge is -2.30. The minimum atomic E-state index is -0.557. The van der Waals surface area contributed by atoms with Crippen LogP contribution in [0.25, 0.3) is 5.69 Å². The fourth-order valence-corrected chi connectivity index (χ4v) is 3.86. The first-order chi connectivity index (χ1) is 13.1. The van der Waals surface area contributed by atoms with Gasteiger partial charge in [0.15, 0.2) is 6.61 Å². The second kappa shape index (κ2) is 8.77. The van der Waals surface area contributed by atoms with Crippen LogP contribution in [-0.2, 0) is 19.1 Å². The van der Waals surface area contributed by atoms with E-state index in [-0.39, 0.29) is 25.0 Å². The van der Waals surface area contributed by atoms with Gasteiger partial charge in [-0.2, -0.15) is 0 Å². The highest BCUT2D eigenvalue weighted by molar-refractivity contribution is 8.00. The van der Waals surface area contributed by atoms with Crippen LogP contribution in [0.2, 0.25) is 0 Å². The van der Waals surface area contributed by atoms with Crippen LogP contribution < -0.4 is 0 Å². The molecule has 2 heterocycles. The van der Waals surface area contributed by atoms with Gasteiger partial charge in [0.2, 0.25) is 0 Å². The maximum Gasteiger partial charge on any atom is 0.338 e. The number of esters is 2. The minimum absolute atomic E-state index is 0.263. The third kappa shape index (κ3) is 4.71. The number of aromatic nitrogens is 1. The maximum absolute atomic E-state index is 12.3. The molecule has 8 heteroatoms. The fraction of sp³-hybridized carbons (Fsp3) is 0.316. The van der Waals surface area contributed by atoms with Crippen molar-refractivity contribution in [3.8, 4) is 5.69 Å². The van der Waals surface area contributed by atoms with Crippen molar-refractivity contribution in [2.45, 2.75) is 5.25 Å². The lowest BCUT2D eigenvalue weighted by Crippen LogP contribution is -2.46. The SMILES string of the molecule is COC(=O)[C@@H]1CN(C(=O)COC(=O)c2ccc(-n3cccc3)cc2)CCS1. The molecule has 1 fully saturated rings. The van der Waals surface area contributed by atoms with Crippen molar-refractivity contribution >= 4 is 29.6 Å². The Morgan fingerprint density at radius 2 is 1.85 bits per heavy atom. The zero-order valence-corrected chi connectivity index (χ0v) is 15.7. The molecule has 2 aromatic rings. The van der Waals surface area contributed by atoms with Crippen molar-refractivity contribution in [1.29, 1.82) is 0 Å².